The fourth-order valence-electron chi connectivity index (χ4n) is 1.90. The molecule has 1 rings (SSSR count). The Kier molecular flexibility index (Phi) is 5.88. The molecule has 1 amide bonds. The Hall–Kier alpha value is -1.00. The van der Waals surface area contributed by atoms with Crippen molar-refractivity contribution >= 4 is 18.5 Å². The topological polar surface area (TPSA) is 49.3 Å². The minimum absolute atomic E-state index is 0.0136. The highest BCUT2D eigenvalue weighted by Crippen LogP contribution is 2.21. The normalized spacial score (nSPS) is 13.1. The molecule has 1 aromatic rings. The Morgan fingerprint density at radius 3 is 2.37 bits per heavy atom. The lowest BCUT2D eigenvalue weighted by molar-refractivity contribution is -0.122. The Balaban J connectivity index is 2.60. The van der Waals surface area contributed by atoms with Crippen molar-refractivity contribution in [3.05, 3.63) is 29.8 Å². The van der Waals surface area contributed by atoms with Crippen LogP contribution in [0.25, 0.3) is 0 Å². The van der Waals surface area contributed by atoms with E-state index in [0.29, 0.717) is 12.8 Å². The Morgan fingerprint density at radius 1 is 1.32 bits per heavy atom. The molecule has 0 aliphatic heterocycles. The third-order valence-corrected chi connectivity index (χ3v) is 3.40. The van der Waals surface area contributed by atoms with Gasteiger partial charge >= 0.3 is 0 Å². The number of hydrogen-bond donors (Lipinski definition) is 3. The molecule has 3 nitrogen and oxygen atoms in total. The zero-order valence-corrected chi connectivity index (χ0v) is 12.7. The van der Waals surface area contributed by atoms with E-state index in [-0.39, 0.29) is 24.0 Å². The molecule has 0 heterocycles. The molecule has 2 N–H and O–H groups in total. The summed E-state index contributed by atoms with van der Waals surface area (Å²) < 4.78 is 0. The third-order valence-electron chi connectivity index (χ3n) is 3.10. The number of hydrogen-bond acceptors (Lipinski definition) is 3. The van der Waals surface area contributed by atoms with Crippen molar-refractivity contribution in [2.24, 2.45) is 5.41 Å². The maximum Gasteiger partial charge on any atom is 0.224 e. The molecule has 0 fully saturated rings. The summed E-state index contributed by atoms with van der Waals surface area (Å²) in [5, 5.41) is 12.1. The minimum Gasteiger partial charge on any atom is -0.396 e. The first-order chi connectivity index (χ1) is 8.82. The van der Waals surface area contributed by atoms with Crippen molar-refractivity contribution in [1.29, 1.82) is 0 Å². The highest BCUT2D eigenvalue weighted by Gasteiger charge is 2.25. The van der Waals surface area contributed by atoms with Crippen LogP contribution in [-0.4, -0.2) is 23.7 Å². The van der Waals surface area contributed by atoms with E-state index >= 15 is 0 Å². The summed E-state index contributed by atoms with van der Waals surface area (Å²) >= 11 is 4.22. The molecule has 1 unspecified atom stereocenters. The van der Waals surface area contributed by atoms with Crippen molar-refractivity contribution in [3.63, 3.8) is 0 Å². The van der Waals surface area contributed by atoms with Crippen LogP contribution in [0.15, 0.2) is 29.2 Å². The first kappa shape index (κ1) is 16.1. The van der Waals surface area contributed by atoms with Crippen LogP contribution in [-0.2, 0) is 11.2 Å². The van der Waals surface area contributed by atoms with Crippen LogP contribution in [0.4, 0.5) is 0 Å². The molecule has 0 aliphatic rings. The van der Waals surface area contributed by atoms with Gasteiger partial charge < -0.3 is 10.4 Å². The molecule has 0 radical (unpaired) electrons. The van der Waals surface area contributed by atoms with Crippen LogP contribution in [0.1, 0.15) is 32.8 Å². The van der Waals surface area contributed by atoms with Gasteiger partial charge in [-0.25, -0.2) is 0 Å². The number of nitrogens with one attached hydrogen (secondary N) is 1. The van der Waals surface area contributed by atoms with Gasteiger partial charge in [-0.05, 0) is 29.5 Å². The Bertz CT molecular complexity index is 409. The number of aliphatic hydroxyl groups excluding tert-OH is 1. The fourth-order valence-corrected chi connectivity index (χ4v) is 2.04. The largest absolute Gasteiger partial charge is 0.396 e. The average molecular weight is 281 g/mol. The summed E-state index contributed by atoms with van der Waals surface area (Å²) in [4.78, 5) is 12.9. The molecule has 0 saturated heterocycles. The van der Waals surface area contributed by atoms with Crippen molar-refractivity contribution in [3.8, 4) is 0 Å². The molecule has 1 aromatic carbocycles. The lowest BCUT2D eigenvalue weighted by Crippen LogP contribution is -2.44. The van der Waals surface area contributed by atoms with Crippen LogP contribution >= 0.6 is 12.6 Å². The smallest absolute Gasteiger partial charge is 0.224 e. The number of aliphatic hydroxyl groups is 1. The van der Waals surface area contributed by atoms with Gasteiger partial charge in [-0.1, -0.05) is 32.9 Å². The van der Waals surface area contributed by atoms with Crippen LogP contribution in [0, 0.1) is 5.41 Å². The van der Waals surface area contributed by atoms with Gasteiger partial charge in [-0.15, -0.1) is 12.6 Å². The lowest BCUT2D eigenvalue weighted by atomic mass is 9.85. The minimum atomic E-state index is -0.0622. The highest BCUT2D eigenvalue weighted by molar-refractivity contribution is 7.80. The van der Waals surface area contributed by atoms with Crippen LogP contribution in [0.2, 0.25) is 0 Å². The quantitative estimate of drug-likeness (QED) is 0.726. The van der Waals surface area contributed by atoms with Crippen LogP contribution < -0.4 is 5.32 Å². The first-order valence-electron chi connectivity index (χ1n) is 6.51. The Morgan fingerprint density at radius 2 is 1.89 bits per heavy atom. The van der Waals surface area contributed by atoms with Gasteiger partial charge in [0.1, 0.15) is 0 Å². The van der Waals surface area contributed by atoms with Crippen molar-refractivity contribution < 1.29 is 9.90 Å². The standard InChI is InChI=1S/C15H23NO2S/c1-15(2,3)13(8-9-17)16-14(18)10-11-4-6-12(19)7-5-11/h4-7,13,17,19H,8-10H2,1-3H3,(H,16,18). The highest BCUT2D eigenvalue weighted by atomic mass is 32.1. The summed E-state index contributed by atoms with van der Waals surface area (Å²) in [7, 11) is 0. The summed E-state index contributed by atoms with van der Waals surface area (Å²) in [5.41, 5.74) is 0.903. The Labute approximate surface area is 120 Å². The summed E-state index contributed by atoms with van der Waals surface area (Å²) in [6.07, 6.45) is 0.927. The molecule has 19 heavy (non-hydrogen) atoms. The second-order valence-corrected chi connectivity index (χ2v) is 6.36. The second kappa shape index (κ2) is 6.96. The zero-order valence-electron chi connectivity index (χ0n) is 11.8. The lowest BCUT2D eigenvalue weighted by Gasteiger charge is -2.31. The van der Waals surface area contributed by atoms with E-state index in [9.17, 15) is 4.79 Å². The summed E-state index contributed by atoms with van der Waals surface area (Å²) in [5.74, 6) is -0.0136. The van der Waals surface area contributed by atoms with E-state index in [4.69, 9.17) is 5.11 Å². The predicted molar refractivity (Wildman–Crippen MR) is 80.5 cm³/mol. The molecule has 0 spiro atoms. The van der Waals surface area contributed by atoms with Gasteiger partial charge in [-0.2, -0.15) is 0 Å². The van der Waals surface area contributed by atoms with E-state index in [1.54, 1.807) is 0 Å². The van der Waals surface area contributed by atoms with Gasteiger partial charge in [-0.3, -0.25) is 4.79 Å². The van der Waals surface area contributed by atoms with Gasteiger partial charge in [0.05, 0.1) is 6.42 Å². The van der Waals surface area contributed by atoms with Gasteiger partial charge in [0, 0.05) is 17.5 Å². The van der Waals surface area contributed by atoms with Crippen LogP contribution in [0.3, 0.4) is 0 Å². The predicted octanol–water partition coefficient (Wildman–Crippen LogP) is 2.43. The van der Waals surface area contributed by atoms with E-state index < -0.39 is 0 Å². The maximum absolute atomic E-state index is 12.0. The molecule has 0 bridgehead atoms. The van der Waals surface area contributed by atoms with Crippen molar-refractivity contribution in [1.82, 2.24) is 5.32 Å². The number of amides is 1. The fraction of sp³-hybridized carbons (Fsp3) is 0.533. The SMILES string of the molecule is CC(C)(C)C(CCO)NC(=O)Cc1ccc(S)cc1. The van der Waals surface area contributed by atoms with Gasteiger partial charge in [0.2, 0.25) is 5.91 Å². The molecule has 0 aliphatic carbocycles. The summed E-state index contributed by atoms with van der Waals surface area (Å²) in [6.45, 7) is 6.26. The second-order valence-electron chi connectivity index (χ2n) is 5.84. The molecule has 1 atom stereocenters. The van der Waals surface area contributed by atoms with Gasteiger partial charge in [0.15, 0.2) is 0 Å². The molecule has 0 aromatic heterocycles. The van der Waals surface area contributed by atoms with E-state index in [1.165, 1.54) is 0 Å². The number of carbonyl (C=O) groups is 1. The van der Waals surface area contributed by atoms with E-state index in [1.807, 2.05) is 24.3 Å². The van der Waals surface area contributed by atoms with Crippen molar-refractivity contribution in [2.75, 3.05) is 6.61 Å². The first-order valence-corrected chi connectivity index (χ1v) is 6.96. The monoisotopic (exact) mass is 281 g/mol. The number of rotatable bonds is 5. The number of benzene rings is 1. The summed E-state index contributed by atoms with van der Waals surface area (Å²) in [6, 6.07) is 7.54. The van der Waals surface area contributed by atoms with E-state index in [0.717, 1.165) is 10.5 Å². The molecule has 106 valence electrons. The molecular formula is C15H23NO2S. The molecule has 0 saturated carbocycles. The maximum atomic E-state index is 12.0. The van der Waals surface area contributed by atoms with Gasteiger partial charge in [0.25, 0.3) is 0 Å². The molecule has 4 heteroatoms. The third kappa shape index (κ3) is 5.66. The van der Waals surface area contributed by atoms with E-state index in [2.05, 4.69) is 38.7 Å². The molecular weight excluding hydrogens is 258 g/mol. The van der Waals surface area contributed by atoms with Crippen molar-refractivity contribution in [2.45, 2.75) is 44.6 Å². The van der Waals surface area contributed by atoms with Crippen LogP contribution in [0.5, 0.6) is 0 Å². The average Bonchev–Trinajstić information content (AvgIpc) is 2.30. The zero-order chi connectivity index (χ0) is 14.5. The number of carbonyl (C=O) groups excluding carboxylic acids is 1. The number of thiol groups is 1.